The molecule has 4 aromatic rings. The van der Waals surface area contributed by atoms with Crippen molar-refractivity contribution in [1.29, 1.82) is 0 Å². The van der Waals surface area contributed by atoms with Crippen molar-refractivity contribution in [2.24, 2.45) is 0 Å². The first-order valence-corrected chi connectivity index (χ1v) is 10.0. The molecule has 1 atom stereocenters. The zero-order valence-corrected chi connectivity index (χ0v) is 17.4. The SMILES string of the molecule is Cc1cc2nc(C)c(CCC(=O)N[C@@H](C)c3cccc4ccccc34)c(C)n2n1. The highest BCUT2D eigenvalue weighted by Gasteiger charge is 2.15. The number of nitrogens with zero attached hydrogens (tertiary/aromatic N) is 3. The van der Waals surface area contributed by atoms with Gasteiger partial charge in [-0.3, -0.25) is 4.79 Å². The quantitative estimate of drug-likeness (QED) is 0.544. The van der Waals surface area contributed by atoms with E-state index in [0.29, 0.717) is 12.8 Å². The van der Waals surface area contributed by atoms with E-state index in [9.17, 15) is 4.79 Å². The Balaban J connectivity index is 1.48. The van der Waals surface area contributed by atoms with Crippen molar-refractivity contribution in [2.45, 2.75) is 46.6 Å². The van der Waals surface area contributed by atoms with Gasteiger partial charge in [0, 0.05) is 23.9 Å². The molecule has 29 heavy (non-hydrogen) atoms. The first-order chi connectivity index (χ1) is 13.9. The molecule has 2 aromatic heterocycles. The summed E-state index contributed by atoms with van der Waals surface area (Å²) in [5.74, 6) is 0.0426. The van der Waals surface area contributed by atoms with Crippen LogP contribution in [0.3, 0.4) is 0 Å². The predicted octanol–water partition coefficient (Wildman–Crippen LogP) is 4.62. The molecule has 0 saturated heterocycles. The molecule has 2 aromatic carbocycles. The van der Waals surface area contributed by atoms with E-state index in [2.05, 4.69) is 39.7 Å². The lowest BCUT2D eigenvalue weighted by Crippen LogP contribution is -2.27. The average molecular weight is 386 g/mol. The van der Waals surface area contributed by atoms with Crippen LogP contribution in [0.5, 0.6) is 0 Å². The van der Waals surface area contributed by atoms with Gasteiger partial charge in [-0.15, -0.1) is 0 Å². The molecule has 0 aliphatic carbocycles. The van der Waals surface area contributed by atoms with Gasteiger partial charge in [0.1, 0.15) is 0 Å². The number of nitrogens with one attached hydrogen (secondary N) is 1. The van der Waals surface area contributed by atoms with Crippen LogP contribution in [0, 0.1) is 20.8 Å². The van der Waals surface area contributed by atoms with Crippen LogP contribution >= 0.6 is 0 Å². The Bertz CT molecular complexity index is 1200. The molecular formula is C24H26N4O. The zero-order chi connectivity index (χ0) is 20.5. The summed E-state index contributed by atoms with van der Waals surface area (Å²) < 4.78 is 1.87. The fourth-order valence-corrected chi connectivity index (χ4v) is 4.06. The number of rotatable bonds is 5. The molecule has 5 nitrogen and oxygen atoms in total. The van der Waals surface area contributed by atoms with E-state index >= 15 is 0 Å². The van der Waals surface area contributed by atoms with Gasteiger partial charge >= 0.3 is 0 Å². The number of amides is 1. The van der Waals surface area contributed by atoms with Gasteiger partial charge in [0.15, 0.2) is 5.65 Å². The van der Waals surface area contributed by atoms with Gasteiger partial charge < -0.3 is 5.32 Å². The molecule has 0 aliphatic rings. The molecule has 148 valence electrons. The molecule has 2 heterocycles. The molecule has 4 rings (SSSR count). The van der Waals surface area contributed by atoms with Gasteiger partial charge in [-0.2, -0.15) is 5.10 Å². The number of hydrogen-bond acceptors (Lipinski definition) is 3. The number of fused-ring (bicyclic) bond motifs is 2. The van der Waals surface area contributed by atoms with Crippen LogP contribution in [0.2, 0.25) is 0 Å². The summed E-state index contributed by atoms with van der Waals surface area (Å²) in [6.45, 7) is 8.04. The van der Waals surface area contributed by atoms with Gasteiger partial charge in [0.2, 0.25) is 5.91 Å². The standard InChI is InChI=1S/C24H26N4O/c1-15-14-23-25-16(2)20(18(4)28(23)27-15)12-13-24(29)26-17(3)21-11-7-9-19-8-5-6-10-22(19)21/h5-11,14,17H,12-13H2,1-4H3,(H,26,29)/t17-/m0/s1. The molecular weight excluding hydrogens is 360 g/mol. The smallest absolute Gasteiger partial charge is 0.220 e. The third-order valence-corrected chi connectivity index (χ3v) is 5.56. The fourth-order valence-electron chi connectivity index (χ4n) is 4.06. The molecule has 0 fully saturated rings. The molecule has 0 bridgehead atoms. The highest BCUT2D eigenvalue weighted by Crippen LogP contribution is 2.24. The van der Waals surface area contributed by atoms with Crippen molar-refractivity contribution >= 4 is 22.3 Å². The van der Waals surface area contributed by atoms with Crippen molar-refractivity contribution in [1.82, 2.24) is 19.9 Å². The van der Waals surface area contributed by atoms with Crippen LogP contribution in [0.4, 0.5) is 0 Å². The molecule has 0 spiro atoms. The average Bonchev–Trinajstić information content (AvgIpc) is 3.07. The van der Waals surface area contributed by atoms with Gasteiger partial charge in [0.05, 0.1) is 11.7 Å². The molecule has 0 unspecified atom stereocenters. The first-order valence-electron chi connectivity index (χ1n) is 10.0. The minimum atomic E-state index is -0.0508. The van der Waals surface area contributed by atoms with Gasteiger partial charge in [-0.1, -0.05) is 42.5 Å². The van der Waals surface area contributed by atoms with Crippen molar-refractivity contribution in [3.05, 3.63) is 76.7 Å². The zero-order valence-electron chi connectivity index (χ0n) is 17.4. The highest BCUT2D eigenvalue weighted by molar-refractivity contribution is 5.87. The number of aromatic nitrogens is 3. The monoisotopic (exact) mass is 386 g/mol. The van der Waals surface area contributed by atoms with E-state index in [4.69, 9.17) is 0 Å². The van der Waals surface area contributed by atoms with Crippen LogP contribution in [0.25, 0.3) is 16.4 Å². The summed E-state index contributed by atoms with van der Waals surface area (Å²) in [6.07, 6.45) is 1.07. The molecule has 0 radical (unpaired) electrons. The summed E-state index contributed by atoms with van der Waals surface area (Å²) >= 11 is 0. The van der Waals surface area contributed by atoms with Crippen molar-refractivity contribution < 1.29 is 4.79 Å². The van der Waals surface area contributed by atoms with E-state index in [0.717, 1.165) is 33.9 Å². The minimum absolute atomic E-state index is 0.0426. The number of carbonyl (C=O) groups is 1. The van der Waals surface area contributed by atoms with Gasteiger partial charge in [-0.05, 0) is 56.0 Å². The Labute approximate surface area is 170 Å². The number of aryl methyl sites for hydroxylation is 3. The van der Waals surface area contributed by atoms with Crippen LogP contribution < -0.4 is 5.32 Å². The number of benzene rings is 2. The summed E-state index contributed by atoms with van der Waals surface area (Å²) in [4.78, 5) is 17.3. The van der Waals surface area contributed by atoms with Crippen LogP contribution in [0.15, 0.2) is 48.5 Å². The van der Waals surface area contributed by atoms with E-state index in [1.54, 1.807) is 0 Å². The Kier molecular flexibility index (Phi) is 5.05. The van der Waals surface area contributed by atoms with Crippen LogP contribution in [0.1, 0.15) is 47.6 Å². The predicted molar refractivity (Wildman–Crippen MR) is 116 cm³/mol. The third-order valence-electron chi connectivity index (χ3n) is 5.56. The Morgan fingerprint density at radius 2 is 1.86 bits per heavy atom. The highest BCUT2D eigenvalue weighted by atomic mass is 16.1. The van der Waals surface area contributed by atoms with Crippen molar-refractivity contribution in [2.75, 3.05) is 0 Å². The molecule has 5 heteroatoms. The number of hydrogen-bond donors (Lipinski definition) is 1. The second-order valence-electron chi connectivity index (χ2n) is 7.67. The van der Waals surface area contributed by atoms with E-state index in [-0.39, 0.29) is 11.9 Å². The maximum Gasteiger partial charge on any atom is 0.220 e. The summed E-state index contributed by atoms with van der Waals surface area (Å²) in [5, 5.41) is 10.0. The topological polar surface area (TPSA) is 59.3 Å². The van der Waals surface area contributed by atoms with E-state index in [1.807, 2.05) is 56.5 Å². The Morgan fingerprint density at radius 1 is 1.10 bits per heavy atom. The fraction of sp³-hybridized carbons (Fsp3) is 0.292. The van der Waals surface area contributed by atoms with E-state index in [1.165, 1.54) is 10.8 Å². The van der Waals surface area contributed by atoms with Gasteiger partial charge in [0.25, 0.3) is 0 Å². The largest absolute Gasteiger partial charge is 0.350 e. The summed E-state index contributed by atoms with van der Waals surface area (Å²) in [6, 6.07) is 16.4. The lowest BCUT2D eigenvalue weighted by Gasteiger charge is -2.17. The summed E-state index contributed by atoms with van der Waals surface area (Å²) in [5.41, 5.74) is 6.04. The maximum atomic E-state index is 12.7. The maximum absolute atomic E-state index is 12.7. The minimum Gasteiger partial charge on any atom is -0.350 e. The number of carbonyl (C=O) groups excluding carboxylic acids is 1. The van der Waals surface area contributed by atoms with Crippen molar-refractivity contribution in [3.8, 4) is 0 Å². The molecule has 1 amide bonds. The van der Waals surface area contributed by atoms with Crippen LogP contribution in [-0.2, 0) is 11.2 Å². The first kappa shape index (κ1) is 19.1. The molecule has 0 aliphatic heterocycles. The normalized spacial score (nSPS) is 12.4. The summed E-state index contributed by atoms with van der Waals surface area (Å²) in [7, 11) is 0. The second-order valence-corrected chi connectivity index (χ2v) is 7.67. The van der Waals surface area contributed by atoms with Crippen LogP contribution in [-0.4, -0.2) is 20.5 Å². The molecule has 1 N–H and O–H groups in total. The molecule has 0 saturated carbocycles. The Hall–Kier alpha value is -3.21. The lowest BCUT2D eigenvalue weighted by atomic mass is 9.99. The lowest BCUT2D eigenvalue weighted by molar-refractivity contribution is -0.121. The second kappa shape index (κ2) is 7.66. The third kappa shape index (κ3) is 3.73. The van der Waals surface area contributed by atoms with E-state index < -0.39 is 0 Å². The van der Waals surface area contributed by atoms with Crippen molar-refractivity contribution in [3.63, 3.8) is 0 Å². The Morgan fingerprint density at radius 3 is 2.69 bits per heavy atom. The van der Waals surface area contributed by atoms with Gasteiger partial charge in [-0.25, -0.2) is 9.50 Å².